The fraction of sp³-hybridized carbons (Fsp3) is 0.667. The number of anilines is 2. The molecule has 0 amide bonds. The van der Waals surface area contributed by atoms with E-state index >= 15 is 0 Å². The first-order chi connectivity index (χ1) is 8.19. The molecule has 1 fully saturated rings. The second-order valence-electron chi connectivity index (χ2n) is 4.90. The molecule has 1 aromatic rings. The van der Waals surface area contributed by atoms with Crippen LogP contribution in [0, 0.1) is 5.92 Å². The fourth-order valence-electron chi connectivity index (χ4n) is 1.75. The van der Waals surface area contributed by atoms with E-state index in [1.165, 1.54) is 0 Å². The van der Waals surface area contributed by atoms with E-state index < -0.39 is 0 Å². The highest BCUT2D eigenvalue weighted by molar-refractivity contribution is 5.45. The molecular weight excluding hydrogens is 214 g/mol. The van der Waals surface area contributed by atoms with Gasteiger partial charge in [-0.3, -0.25) is 0 Å². The van der Waals surface area contributed by atoms with Crippen molar-refractivity contribution in [3.8, 4) is 0 Å². The maximum absolute atomic E-state index is 4.51. The maximum atomic E-state index is 4.51. The summed E-state index contributed by atoms with van der Waals surface area (Å²) in [6.45, 7) is 7.30. The molecular formula is C12H21N5. The van der Waals surface area contributed by atoms with Gasteiger partial charge in [0.1, 0.15) is 5.82 Å². The highest BCUT2D eigenvalue weighted by atomic mass is 15.3. The van der Waals surface area contributed by atoms with E-state index in [2.05, 4.69) is 39.3 Å². The molecule has 1 saturated heterocycles. The van der Waals surface area contributed by atoms with Crippen molar-refractivity contribution in [2.75, 3.05) is 36.9 Å². The summed E-state index contributed by atoms with van der Waals surface area (Å²) in [5.74, 6) is 2.34. The van der Waals surface area contributed by atoms with Crippen molar-refractivity contribution in [3.05, 3.63) is 12.3 Å². The summed E-state index contributed by atoms with van der Waals surface area (Å²) < 4.78 is 0. The van der Waals surface area contributed by atoms with E-state index in [0.29, 0.717) is 12.0 Å². The number of likely N-dealkylation sites (N-methyl/N-ethyl adjacent to an activating group) is 1. The van der Waals surface area contributed by atoms with Crippen molar-refractivity contribution in [1.29, 1.82) is 0 Å². The highest BCUT2D eigenvalue weighted by Gasteiger charge is 2.26. The zero-order chi connectivity index (χ0) is 12.3. The molecule has 0 radical (unpaired) electrons. The molecule has 94 valence electrons. The van der Waals surface area contributed by atoms with Gasteiger partial charge in [-0.25, -0.2) is 4.98 Å². The van der Waals surface area contributed by atoms with E-state index in [1.54, 1.807) is 0 Å². The molecule has 1 aromatic heterocycles. The molecule has 17 heavy (non-hydrogen) atoms. The summed E-state index contributed by atoms with van der Waals surface area (Å²) in [4.78, 5) is 11.0. The van der Waals surface area contributed by atoms with Crippen LogP contribution in [0.25, 0.3) is 0 Å². The number of hydrogen-bond acceptors (Lipinski definition) is 5. The Morgan fingerprint density at radius 1 is 1.47 bits per heavy atom. The molecule has 0 aromatic carbocycles. The van der Waals surface area contributed by atoms with Gasteiger partial charge in [0, 0.05) is 31.9 Å². The van der Waals surface area contributed by atoms with Crippen LogP contribution in [-0.2, 0) is 0 Å². The van der Waals surface area contributed by atoms with E-state index in [-0.39, 0.29) is 0 Å². The highest BCUT2D eigenvalue weighted by Crippen LogP contribution is 2.18. The average Bonchev–Trinajstić information content (AvgIpc) is 2.26. The van der Waals surface area contributed by atoms with Crippen molar-refractivity contribution in [3.63, 3.8) is 0 Å². The molecule has 1 aliphatic rings. The van der Waals surface area contributed by atoms with Crippen molar-refractivity contribution in [2.24, 2.45) is 5.92 Å². The Morgan fingerprint density at radius 2 is 2.24 bits per heavy atom. The number of hydrogen-bond donors (Lipinski definition) is 2. The van der Waals surface area contributed by atoms with Gasteiger partial charge in [-0.15, -0.1) is 0 Å². The number of rotatable bonds is 5. The van der Waals surface area contributed by atoms with Crippen LogP contribution in [0.3, 0.4) is 0 Å². The lowest BCUT2D eigenvalue weighted by Gasteiger charge is -2.39. The van der Waals surface area contributed by atoms with E-state index in [4.69, 9.17) is 0 Å². The van der Waals surface area contributed by atoms with Crippen LogP contribution in [0.2, 0.25) is 0 Å². The largest absolute Gasteiger partial charge is 0.354 e. The first-order valence-electron chi connectivity index (χ1n) is 6.18. The molecule has 1 aliphatic heterocycles. The Morgan fingerprint density at radius 3 is 2.88 bits per heavy atom. The lowest BCUT2D eigenvalue weighted by atomic mass is 10.1. The van der Waals surface area contributed by atoms with Crippen molar-refractivity contribution >= 4 is 11.8 Å². The van der Waals surface area contributed by atoms with Crippen LogP contribution in [0.4, 0.5) is 11.8 Å². The number of aromatic nitrogens is 2. The molecule has 0 aliphatic carbocycles. The van der Waals surface area contributed by atoms with Gasteiger partial charge in [-0.05, 0) is 19.0 Å². The Balaban J connectivity index is 1.93. The van der Waals surface area contributed by atoms with Gasteiger partial charge < -0.3 is 15.5 Å². The molecule has 0 atom stereocenters. The van der Waals surface area contributed by atoms with Crippen LogP contribution >= 0.6 is 0 Å². The molecule has 5 nitrogen and oxygen atoms in total. The summed E-state index contributed by atoms with van der Waals surface area (Å²) in [6.07, 6.45) is 1.82. The summed E-state index contributed by atoms with van der Waals surface area (Å²) >= 11 is 0. The van der Waals surface area contributed by atoms with E-state index in [0.717, 1.165) is 31.4 Å². The van der Waals surface area contributed by atoms with Crippen LogP contribution in [-0.4, -0.2) is 42.7 Å². The van der Waals surface area contributed by atoms with Crippen LogP contribution in [0.15, 0.2) is 12.3 Å². The molecule has 5 heteroatoms. The minimum atomic E-state index is 0.594. The second-order valence-corrected chi connectivity index (χ2v) is 4.90. The van der Waals surface area contributed by atoms with Gasteiger partial charge >= 0.3 is 0 Å². The van der Waals surface area contributed by atoms with E-state index in [1.807, 2.05) is 19.3 Å². The summed E-state index contributed by atoms with van der Waals surface area (Å²) in [5.41, 5.74) is 0. The first-order valence-corrected chi connectivity index (χ1v) is 6.18. The summed E-state index contributed by atoms with van der Waals surface area (Å²) in [5, 5.41) is 6.50. The Kier molecular flexibility index (Phi) is 3.78. The van der Waals surface area contributed by atoms with Crippen molar-refractivity contribution in [2.45, 2.75) is 19.9 Å². The molecule has 0 bridgehead atoms. The molecule has 0 spiro atoms. The van der Waals surface area contributed by atoms with Crippen molar-refractivity contribution < 1.29 is 0 Å². The van der Waals surface area contributed by atoms with Gasteiger partial charge in [0.25, 0.3) is 0 Å². The Bertz CT molecular complexity index is 360. The van der Waals surface area contributed by atoms with Gasteiger partial charge in [0.2, 0.25) is 5.95 Å². The molecule has 2 rings (SSSR count). The lowest BCUT2D eigenvalue weighted by molar-refractivity contribution is 0.447. The normalized spacial score (nSPS) is 16.1. The molecule has 2 N–H and O–H groups in total. The average molecular weight is 235 g/mol. The minimum absolute atomic E-state index is 0.594. The van der Waals surface area contributed by atoms with Crippen LogP contribution in [0.5, 0.6) is 0 Å². The van der Waals surface area contributed by atoms with Crippen LogP contribution in [0.1, 0.15) is 13.8 Å². The third-order valence-corrected chi connectivity index (χ3v) is 2.92. The third kappa shape index (κ3) is 3.06. The Labute approximate surface area is 103 Å². The zero-order valence-electron chi connectivity index (χ0n) is 10.8. The second kappa shape index (κ2) is 5.31. The van der Waals surface area contributed by atoms with E-state index in [9.17, 15) is 0 Å². The number of nitrogens with one attached hydrogen (secondary N) is 2. The molecule has 0 saturated carbocycles. The quantitative estimate of drug-likeness (QED) is 0.796. The van der Waals surface area contributed by atoms with Crippen molar-refractivity contribution in [1.82, 2.24) is 15.3 Å². The zero-order valence-corrected chi connectivity index (χ0v) is 10.8. The fourth-order valence-corrected chi connectivity index (χ4v) is 1.75. The van der Waals surface area contributed by atoms with Gasteiger partial charge in [-0.1, -0.05) is 13.8 Å². The standard InChI is InChI=1S/C12H21N5/c1-9(2)6-15-12-14-5-4-11(16-12)17-7-10(8-17)13-3/h4-5,9-10,13H,6-8H2,1-3H3,(H,14,15,16). The maximum Gasteiger partial charge on any atom is 0.224 e. The van der Waals surface area contributed by atoms with Gasteiger partial charge in [0.05, 0.1) is 0 Å². The lowest BCUT2D eigenvalue weighted by Crippen LogP contribution is -2.57. The van der Waals surface area contributed by atoms with Crippen LogP contribution < -0.4 is 15.5 Å². The molecule has 2 heterocycles. The topological polar surface area (TPSA) is 53.1 Å². The summed E-state index contributed by atoms with van der Waals surface area (Å²) in [7, 11) is 2.00. The Hall–Kier alpha value is -1.36. The monoisotopic (exact) mass is 235 g/mol. The SMILES string of the molecule is CNC1CN(c2ccnc(NCC(C)C)n2)C1. The summed E-state index contributed by atoms with van der Waals surface area (Å²) in [6, 6.07) is 2.56. The first kappa shape index (κ1) is 12.1. The van der Waals surface area contributed by atoms with Gasteiger partial charge in [-0.2, -0.15) is 4.98 Å². The smallest absolute Gasteiger partial charge is 0.224 e. The predicted octanol–water partition coefficient (Wildman–Crippen LogP) is 0.952. The van der Waals surface area contributed by atoms with Gasteiger partial charge in [0.15, 0.2) is 0 Å². The predicted molar refractivity (Wildman–Crippen MR) is 70.4 cm³/mol. The number of nitrogens with zero attached hydrogens (tertiary/aromatic N) is 3. The molecule has 0 unspecified atom stereocenters. The minimum Gasteiger partial charge on any atom is -0.354 e. The third-order valence-electron chi connectivity index (χ3n) is 2.92.